The normalized spacial score (nSPS) is 17.7. The van der Waals surface area contributed by atoms with Gasteiger partial charge in [0.05, 0.1) is 0 Å². The quantitative estimate of drug-likeness (QED) is 0.525. The largest absolute Gasteiger partial charge is 0.381 e. The summed E-state index contributed by atoms with van der Waals surface area (Å²) < 4.78 is 5.40. The number of hydrogen-bond acceptors (Lipinski definition) is 3. The van der Waals surface area contributed by atoms with E-state index in [-0.39, 0.29) is 11.9 Å². The van der Waals surface area contributed by atoms with Crippen LogP contribution in [0.3, 0.4) is 0 Å². The lowest BCUT2D eigenvalue weighted by atomic mass is 9.96. The molecule has 0 aromatic carbocycles. The van der Waals surface area contributed by atoms with Gasteiger partial charge in [-0.1, -0.05) is 6.92 Å². The first kappa shape index (κ1) is 19.7. The first-order chi connectivity index (χ1) is 11.1. The topological polar surface area (TPSA) is 66.0 Å². The molecule has 1 aliphatic heterocycles. The maximum absolute atomic E-state index is 11.8. The fraction of sp³-hybridized carbons (Fsp3) is 0.882. The van der Waals surface area contributed by atoms with Crippen LogP contribution in [-0.4, -0.2) is 63.2 Å². The van der Waals surface area contributed by atoms with Crippen molar-refractivity contribution in [3.05, 3.63) is 0 Å². The van der Waals surface area contributed by atoms with E-state index in [9.17, 15) is 4.79 Å². The highest BCUT2D eigenvalue weighted by molar-refractivity contribution is 5.81. The summed E-state index contributed by atoms with van der Waals surface area (Å²) in [5.41, 5.74) is 0. The zero-order valence-corrected chi connectivity index (χ0v) is 15.2. The Bertz CT molecular complexity index is 368. The van der Waals surface area contributed by atoms with E-state index in [2.05, 4.69) is 27.4 Å². The van der Waals surface area contributed by atoms with Crippen LogP contribution in [0, 0.1) is 5.92 Å². The zero-order chi connectivity index (χ0) is 17.1. The molecule has 23 heavy (non-hydrogen) atoms. The summed E-state index contributed by atoms with van der Waals surface area (Å²) in [6.07, 6.45) is 4.91. The van der Waals surface area contributed by atoms with Gasteiger partial charge in [-0.2, -0.15) is 0 Å². The summed E-state index contributed by atoms with van der Waals surface area (Å²) in [6.45, 7) is 7.46. The molecule has 1 heterocycles. The van der Waals surface area contributed by atoms with E-state index in [4.69, 9.17) is 4.74 Å². The Morgan fingerprint density at radius 3 is 2.70 bits per heavy atom. The lowest BCUT2D eigenvalue weighted by Crippen LogP contribution is -2.42. The van der Waals surface area contributed by atoms with Gasteiger partial charge in [0.2, 0.25) is 5.91 Å². The maximum atomic E-state index is 11.8. The Morgan fingerprint density at radius 1 is 1.39 bits per heavy atom. The van der Waals surface area contributed by atoms with Gasteiger partial charge in [0.25, 0.3) is 0 Å². The molecular weight excluding hydrogens is 292 g/mol. The summed E-state index contributed by atoms with van der Waals surface area (Å²) in [5.74, 6) is 1.70. The molecule has 0 radical (unpaired) electrons. The van der Waals surface area contributed by atoms with Crippen molar-refractivity contribution < 1.29 is 9.53 Å². The second-order valence-corrected chi connectivity index (χ2v) is 6.37. The second kappa shape index (κ2) is 11.3. The highest BCUT2D eigenvalue weighted by Gasteiger charge is 2.15. The van der Waals surface area contributed by atoms with Crippen molar-refractivity contribution in [3.63, 3.8) is 0 Å². The number of nitrogens with zero attached hydrogens (tertiary/aromatic N) is 2. The van der Waals surface area contributed by atoms with E-state index in [1.165, 1.54) is 0 Å². The fourth-order valence-electron chi connectivity index (χ4n) is 2.64. The second-order valence-electron chi connectivity index (χ2n) is 6.37. The van der Waals surface area contributed by atoms with Gasteiger partial charge >= 0.3 is 0 Å². The van der Waals surface area contributed by atoms with Crippen LogP contribution < -0.4 is 10.6 Å². The van der Waals surface area contributed by atoms with Gasteiger partial charge in [-0.3, -0.25) is 9.79 Å². The smallest absolute Gasteiger partial charge is 0.221 e. The van der Waals surface area contributed by atoms with E-state index < -0.39 is 0 Å². The molecule has 134 valence electrons. The van der Waals surface area contributed by atoms with Crippen molar-refractivity contribution in [1.29, 1.82) is 0 Å². The number of amides is 1. The Balaban J connectivity index is 2.22. The van der Waals surface area contributed by atoms with Gasteiger partial charge in [-0.25, -0.2) is 0 Å². The lowest BCUT2D eigenvalue weighted by molar-refractivity contribution is -0.121. The van der Waals surface area contributed by atoms with Crippen LogP contribution in [0.2, 0.25) is 0 Å². The van der Waals surface area contributed by atoms with E-state index in [1.807, 2.05) is 14.0 Å². The van der Waals surface area contributed by atoms with Gasteiger partial charge in [0.1, 0.15) is 0 Å². The third kappa shape index (κ3) is 8.21. The van der Waals surface area contributed by atoms with Gasteiger partial charge in [-0.05, 0) is 38.5 Å². The minimum atomic E-state index is 0.0900. The molecule has 0 bridgehead atoms. The summed E-state index contributed by atoms with van der Waals surface area (Å²) in [6, 6.07) is 0.240. The first-order valence-corrected chi connectivity index (χ1v) is 8.85. The van der Waals surface area contributed by atoms with Crippen LogP contribution in [0.15, 0.2) is 4.99 Å². The Kier molecular flexibility index (Phi) is 9.67. The van der Waals surface area contributed by atoms with Crippen molar-refractivity contribution in [3.8, 4) is 0 Å². The molecule has 1 rings (SSSR count). The molecule has 0 spiro atoms. The number of ether oxygens (including phenoxy) is 1. The maximum Gasteiger partial charge on any atom is 0.221 e. The monoisotopic (exact) mass is 326 g/mol. The third-order valence-electron chi connectivity index (χ3n) is 4.44. The number of guanidine groups is 1. The molecule has 1 saturated heterocycles. The van der Waals surface area contributed by atoms with Gasteiger partial charge in [-0.15, -0.1) is 0 Å². The zero-order valence-electron chi connectivity index (χ0n) is 15.2. The molecular formula is C17H34N4O2. The standard InChI is InChI=1S/C17H34N4O2/c1-5-14(2)20-16(22)6-10-19-17(18-3)21(4)11-7-15-8-12-23-13-9-15/h14-15H,5-13H2,1-4H3,(H,18,19)(H,20,22). The van der Waals surface area contributed by atoms with Gasteiger partial charge in [0, 0.05) is 52.9 Å². The molecule has 1 unspecified atom stereocenters. The number of hydrogen-bond donors (Lipinski definition) is 2. The predicted molar refractivity (Wildman–Crippen MR) is 94.7 cm³/mol. The molecule has 1 amide bonds. The Labute approximate surface area is 141 Å². The van der Waals surface area contributed by atoms with Crippen LogP contribution in [0.4, 0.5) is 0 Å². The van der Waals surface area contributed by atoms with Crippen molar-refractivity contribution in [2.24, 2.45) is 10.9 Å². The third-order valence-corrected chi connectivity index (χ3v) is 4.44. The number of carbonyl (C=O) groups excluding carboxylic acids is 1. The molecule has 6 heteroatoms. The van der Waals surface area contributed by atoms with E-state index in [1.54, 1.807) is 7.05 Å². The lowest BCUT2D eigenvalue weighted by Gasteiger charge is -2.26. The van der Waals surface area contributed by atoms with E-state index in [0.29, 0.717) is 13.0 Å². The summed E-state index contributed by atoms with van der Waals surface area (Å²) in [5, 5.41) is 6.24. The highest BCUT2D eigenvalue weighted by atomic mass is 16.5. The van der Waals surface area contributed by atoms with Crippen LogP contribution in [0.25, 0.3) is 0 Å². The number of rotatable bonds is 8. The first-order valence-electron chi connectivity index (χ1n) is 8.85. The van der Waals surface area contributed by atoms with Crippen molar-refractivity contribution in [1.82, 2.24) is 15.5 Å². The molecule has 6 nitrogen and oxygen atoms in total. The number of carbonyl (C=O) groups is 1. The Morgan fingerprint density at radius 2 is 2.09 bits per heavy atom. The molecule has 1 atom stereocenters. The molecule has 1 fully saturated rings. The summed E-state index contributed by atoms with van der Waals surface area (Å²) in [7, 11) is 3.83. The van der Waals surface area contributed by atoms with Crippen LogP contribution in [0.1, 0.15) is 46.0 Å². The average Bonchev–Trinajstić information content (AvgIpc) is 2.57. The number of nitrogens with one attached hydrogen (secondary N) is 2. The SMILES string of the molecule is CCC(C)NC(=O)CCNC(=NC)N(C)CCC1CCOCC1. The molecule has 0 aromatic heterocycles. The Hall–Kier alpha value is -1.30. The molecule has 1 aliphatic rings. The molecule has 0 aliphatic carbocycles. The van der Waals surface area contributed by atoms with E-state index >= 15 is 0 Å². The van der Waals surface area contributed by atoms with Crippen LogP contribution in [-0.2, 0) is 9.53 Å². The van der Waals surface area contributed by atoms with Crippen molar-refractivity contribution >= 4 is 11.9 Å². The van der Waals surface area contributed by atoms with Crippen LogP contribution >= 0.6 is 0 Å². The molecule has 0 saturated carbocycles. The van der Waals surface area contributed by atoms with Crippen LogP contribution in [0.5, 0.6) is 0 Å². The van der Waals surface area contributed by atoms with Crippen molar-refractivity contribution in [2.45, 2.75) is 52.0 Å². The predicted octanol–water partition coefficient (Wildman–Crippen LogP) is 1.62. The fourth-order valence-corrected chi connectivity index (χ4v) is 2.64. The minimum absolute atomic E-state index is 0.0900. The summed E-state index contributed by atoms with van der Waals surface area (Å²) >= 11 is 0. The molecule has 2 N–H and O–H groups in total. The van der Waals surface area contributed by atoms with Gasteiger partial charge in [0.15, 0.2) is 5.96 Å². The van der Waals surface area contributed by atoms with Crippen molar-refractivity contribution in [2.75, 3.05) is 40.4 Å². The highest BCUT2D eigenvalue weighted by Crippen LogP contribution is 2.18. The van der Waals surface area contributed by atoms with Gasteiger partial charge < -0.3 is 20.3 Å². The number of aliphatic imine (C=N–C) groups is 1. The average molecular weight is 326 g/mol. The minimum Gasteiger partial charge on any atom is -0.381 e. The summed E-state index contributed by atoms with van der Waals surface area (Å²) in [4.78, 5) is 18.2. The molecule has 0 aromatic rings. The van der Waals surface area contributed by atoms with E-state index in [0.717, 1.165) is 57.3 Å².